The number of nitrogens with one attached hydrogen (secondary N) is 3. The molecule has 1 aliphatic rings. The van der Waals surface area contributed by atoms with Crippen LogP contribution in [0.3, 0.4) is 0 Å². The average Bonchev–Trinajstić information content (AvgIpc) is 2.67. The molecule has 0 radical (unpaired) electrons. The van der Waals surface area contributed by atoms with Crippen LogP contribution in [-0.2, 0) is 24.3 Å². The second-order valence-corrected chi connectivity index (χ2v) is 8.51. The van der Waals surface area contributed by atoms with Crippen LogP contribution >= 0.6 is 12.4 Å². The molecule has 2 rings (SSSR count). The zero-order chi connectivity index (χ0) is 19.9. The van der Waals surface area contributed by atoms with Crippen LogP contribution in [0.4, 0.5) is 5.69 Å². The van der Waals surface area contributed by atoms with E-state index in [2.05, 4.69) is 27.0 Å². The fourth-order valence-electron chi connectivity index (χ4n) is 3.13. The fourth-order valence-corrected chi connectivity index (χ4v) is 4.15. The number of carbonyl (C=O) groups excluding carboxylic acids is 2. The second kappa shape index (κ2) is 11.4. The standard InChI is InChI=1S/C18H27N3O5S.ClH/c1-13(14-6-8-19-9-7-14)10-17(22)21-15-4-3-5-16(11-15)27(24,25)20-12-18(23)26-2;/h3-5,11,13-14,19-20H,6-10,12H2,1-2H3,(H,21,22);1H. The first-order valence-corrected chi connectivity index (χ1v) is 10.5. The number of hydrogen-bond acceptors (Lipinski definition) is 6. The number of carbonyl (C=O) groups is 2. The van der Waals surface area contributed by atoms with Crippen molar-refractivity contribution >= 4 is 40.0 Å². The Kier molecular flexibility index (Phi) is 9.88. The van der Waals surface area contributed by atoms with Gasteiger partial charge in [-0.1, -0.05) is 13.0 Å². The molecule has 3 N–H and O–H groups in total. The van der Waals surface area contributed by atoms with Crippen LogP contribution in [0.25, 0.3) is 0 Å². The molecule has 8 nitrogen and oxygen atoms in total. The van der Waals surface area contributed by atoms with E-state index in [1.807, 2.05) is 0 Å². The molecule has 1 fully saturated rings. The molecule has 1 aromatic rings. The second-order valence-electron chi connectivity index (χ2n) is 6.75. The van der Waals surface area contributed by atoms with Gasteiger partial charge in [-0.25, -0.2) is 8.42 Å². The summed E-state index contributed by atoms with van der Waals surface area (Å²) in [6.07, 6.45) is 2.52. The van der Waals surface area contributed by atoms with Crippen LogP contribution in [-0.4, -0.2) is 47.0 Å². The number of methoxy groups -OCH3 is 1. The summed E-state index contributed by atoms with van der Waals surface area (Å²) in [5, 5.41) is 6.07. The minimum Gasteiger partial charge on any atom is -0.468 e. The number of ether oxygens (including phenoxy) is 1. The van der Waals surface area contributed by atoms with Gasteiger partial charge in [0.25, 0.3) is 0 Å². The summed E-state index contributed by atoms with van der Waals surface area (Å²) >= 11 is 0. The van der Waals surface area contributed by atoms with Gasteiger partial charge in [-0.15, -0.1) is 12.4 Å². The van der Waals surface area contributed by atoms with E-state index in [9.17, 15) is 18.0 Å². The summed E-state index contributed by atoms with van der Waals surface area (Å²) < 4.78 is 31.1. The Bertz CT molecular complexity index is 766. The molecule has 158 valence electrons. The summed E-state index contributed by atoms with van der Waals surface area (Å²) in [6.45, 7) is 3.58. The lowest BCUT2D eigenvalue weighted by atomic mass is 9.84. The van der Waals surface area contributed by atoms with Crippen molar-refractivity contribution in [3.8, 4) is 0 Å². The van der Waals surface area contributed by atoms with E-state index in [1.165, 1.54) is 19.2 Å². The van der Waals surface area contributed by atoms with Crippen molar-refractivity contribution in [1.29, 1.82) is 0 Å². The molecule has 0 spiro atoms. The first kappa shape index (κ1) is 24.4. The Balaban J connectivity index is 0.00000392. The number of halogens is 1. The molecule has 1 atom stereocenters. The number of piperidine rings is 1. The van der Waals surface area contributed by atoms with Crippen LogP contribution in [0.2, 0.25) is 0 Å². The van der Waals surface area contributed by atoms with Gasteiger partial charge >= 0.3 is 5.97 Å². The van der Waals surface area contributed by atoms with Gasteiger partial charge in [0.05, 0.1) is 12.0 Å². The Hall–Kier alpha value is -1.68. The molecular formula is C18H28ClN3O5S. The highest BCUT2D eigenvalue weighted by atomic mass is 35.5. The molecule has 1 amide bonds. The first-order chi connectivity index (χ1) is 12.8. The van der Waals surface area contributed by atoms with Gasteiger partial charge in [-0.2, -0.15) is 4.72 Å². The number of anilines is 1. The average molecular weight is 434 g/mol. The molecule has 10 heteroatoms. The number of benzene rings is 1. The van der Waals surface area contributed by atoms with Crippen molar-refractivity contribution in [2.75, 3.05) is 32.1 Å². The highest BCUT2D eigenvalue weighted by Crippen LogP contribution is 2.25. The molecule has 28 heavy (non-hydrogen) atoms. The smallest absolute Gasteiger partial charge is 0.320 e. The van der Waals surface area contributed by atoms with E-state index >= 15 is 0 Å². The highest BCUT2D eigenvalue weighted by molar-refractivity contribution is 7.89. The van der Waals surface area contributed by atoms with Crippen LogP contribution in [0.15, 0.2) is 29.2 Å². The quantitative estimate of drug-likeness (QED) is 0.536. The molecule has 0 aliphatic carbocycles. The number of amides is 1. The summed E-state index contributed by atoms with van der Waals surface area (Å²) in [5.41, 5.74) is 0.401. The van der Waals surface area contributed by atoms with Crippen molar-refractivity contribution in [1.82, 2.24) is 10.0 Å². The van der Waals surface area contributed by atoms with Crippen molar-refractivity contribution in [2.24, 2.45) is 11.8 Å². The minimum atomic E-state index is -3.87. The lowest BCUT2D eigenvalue weighted by molar-refractivity contribution is -0.139. The maximum Gasteiger partial charge on any atom is 0.320 e. The van der Waals surface area contributed by atoms with E-state index in [4.69, 9.17) is 0 Å². The van der Waals surface area contributed by atoms with Crippen molar-refractivity contribution in [3.63, 3.8) is 0 Å². The fraction of sp³-hybridized carbons (Fsp3) is 0.556. The van der Waals surface area contributed by atoms with E-state index < -0.39 is 22.5 Å². The van der Waals surface area contributed by atoms with Gasteiger partial charge in [0.1, 0.15) is 6.54 Å². The van der Waals surface area contributed by atoms with Crippen LogP contribution in [0, 0.1) is 11.8 Å². The largest absolute Gasteiger partial charge is 0.468 e. The van der Waals surface area contributed by atoms with Crippen LogP contribution in [0.5, 0.6) is 0 Å². The van der Waals surface area contributed by atoms with Gasteiger partial charge in [-0.05, 0) is 56.0 Å². The summed E-state index contributed by atoms with van der Waals surface area (Å²) in [4.78, 5) is 23.4. The topological polar surface area (TPSA) is 114 Å². The Morgan fingerprint density at radius 1 is 1.29 bits per heavy atom. The Morgan fingerprint density at radius 2 is 1.96 bits per heavy atom. The Labute approximate surface area is 172 Å². The van der Waals surface area contributed by atoms with Crippen molar-refractivity contribution < 1.29 is 22.7 Å². The number of sulfonamides is 1. The zero-order valence-electron chi connectivity index (χ0n) is 16.1. The third kappa shape index (κ3) is 7.38. The molecule has 0 aromatic heterocycles. The lowest BCUT2D eigenvalue weighted by Gasteiger charge is -2.27. The lowest BCUT2D eigenvalue weighted by Crippen LogP contribution is -2.32. The van der Waals surface area contributed by atoms with Gasteiger partial charge in [-0.3, -0.25) is 9.59 Å². The monoisotopic (exact) mass is 433 g/mol. The van der Waals surface area contributed by atoms with E-state index in [1.54, 1.807) is 12.1 Å². The molecule has 1 unspecified atom stereocenters. The number of hydrogen-bond donors (Lipinski definition) is 3. The summed E-state index contributed by atoms with van der Waals surface area (Å²) in [6, 6.07) is 5.94. The van der Waals surface area contributed by atoms with Gasteiger partial charge in [0, 0.05) is 12.1 Å². The SMILES string of the molecule is COC(=O)CNS(=O)(=O)c1cccc(NC(=O)CC(C)C2CCNCC2)c1.Cl. The van der Waals surface area contributed by atoms with Gasteiger partial charge in [0.15, 0.2) is 0 Å². The van der Waals surface area contributed by atoms with E-state index in [0.29, 0.717) is 18.0 Å². The summed E-state index contributed by atoms with van der Waals surface area (Å²) in [5.74, 6) is -0.0417. The minimum absolute atomic E-state index is 0. The maximum absolute atomic E-state index is 12.3. The van der Waals surface area contributed by atoms with Crippen molar-refractivity contribution in [2.45, 2.75) is 31.1 Å². The number of rotatable bonds is 8. The molecular weight excluding hydrogens is 406 g/mol. The molecule has 1 aromatic carbocycles. The highest BCUT2D eigenvalue weighted by Gasteiger charge is 2.22. The molecule has 1 heterocycles. The normalized spacial score (nSPS) is 15.9. The van der Waals surface area contributed by atoms with E-state index in [-0.39, 0.29) is 29.1 Å². The van der Waals surface area contributed by atoms with E-state index in [0.717, 1.165) is 25.9 Å². The predicted molar refractivity (Wildman–Crippen MR) is 109 cm³/mol. The first-order valence-electron chi connectivity index (χ1n) is 8.99. The van der Waals surface area contributed by atoms with Crippen LogP contribution in [0.1, 0.15) is 26.2 Å². The number of esters is 1. The molecule has 0 bridgehead atoms. The summed E-state index contributed by atoms with van der Waals surface area (Å²) in [7, 11) is -2.69. The molecule has 1 saturated heterocycles. The molecule has 0 saturated carbocycles. The third-order valence-electron chi connectivity index (χ3n) is 4.76. The third-order valence-corrected chi connectivity index (χ3v) is 6.16. The molecule has 1 aliphatic heterocycles. The predicted octanol–water partition coefficient (Wildman–Crippen LogP) is 1.52. The van der Waals surface area contributed by atoms with Crippen LogP contribution < -0.4 is 15.4 Å². The van der Waals surface area contributed by atoms with Crippen molar-refractivity contribution in [3.05, 3.63) is 24.3 Å². The Morgan fingerprint density at radius 3 is 2.61 bits per heavy atom. The maximum atomic E-state index is 12.3. The zero-order valence-corrected chi connectivity index (χ0v) is 17.7. The van der Waals surface area contributed by atoms with Gasteiger partial charge in [0.2, 0.25) is 15.9 Å². The van der Waals surface area contributed by atoms with Gasteiger partial charge < -0.3 is 15.4 Å².